The van der Waals surface area contributed by atoms with Crippen LogP contribution in [0.3, 0.4) is 0 Å². The van der Waals surface area contributed by atoms with Gasteiger partial charge in [0.1, 0.15) is 5.75 Å². The van der Waals surface area contributed by atoms with Crippen LogP contribution in [0.1, 0.15) is 44.1 Å². The van der Waals surface area contributed by atoms with Crippen LogP contribution in [0.2, 0.25) is 0 Å². The van der Waals surface area contributed by atoms with Crippen molar-refractivity contribution in [3.8, 4) is 11.6 Å². The molecule has 4 rings (SSSR count). The van der Waals surface area contributed by atoms with E-state index in [1.54, 1.807) is 18.6 Å². The Labute approximate surface area is 159 Å². The quantitative estimate of drug-likeness (QED) is 0.750. The average molecular weight is 366 g/mol. The highest BCUT2D eigenvalue weighted by atomic mass is 16.5. The summed E-state index contributed by atoms with van der Waals surface area (Å²) in [5.74, 6) is 2.07. The molecule has 0 spiro atoms. The minimum atomic E-state index is -0.413. The van der Waals surface area contributed by atoms with Crippen molar-refractivity contribution in [2.24, 2.45) is 5.92 Å². The standard InChI is InChI=1S/C21H26N4O2/c26-20(24-13-16-3-4-16)21(9-1-2-10-21)25-14-17-5-7-18(8-6-17)27-19-15-22-11-12-23-19/h5-8,11-12,15-16,25H,1-4,9-10,13-14H2,(H,24,26). The molecule has 142 valence electrons. The van der Waals surface area contributed by atoms with E-state index in [1.165, 1.54) is 12.8 Å². The van der Waals surface area contributed by atoms with Crippen LogP contribution in [0, 0.1) is 5.92 Å². The normalized spacial score (nSPS) is 18.2. The van der Waals surface area contributed by atoms with Gasteiger partial charge in [0, 0.05) is 25.5 Å². The fraction of sp³-hybridized carbons (Fsp3) is 0.476. The Bertz CT molecular complexity index is 754. The number of rotatable bonds is 8. The van der Waals surface area contributed by atoms with Crippen molar-refractivity contribution < 1.29 is 9.53 Å². The predicted octanol–water partition coefficient (Wildman–Crippen LogP) is 3.20. The summed E-state index contributed by atoms with van der Waals surface area (Å²) in [5, 5.41) is 6.72. The summed E-state index contributed by atoms with van der Waals surface area (Å²) in [6, 6.07) is 7.87. The SMILES string of the molecule is O=C(NCC1CC1)C1(NCc2ccc(Oc3cnccn3)cc2)CCCC1. The zero-order valence-electron chi connectivity index (χ0n) is 15.5. The van der Waals surface area contributed by atoms with Crippen LogP contribution < -0.4 is 15.4 Å². The molecule has 2 aliphatic carbocycles. The van der Waals surface area contributed by atoms with Gasteiger partial charge in [-0.2, -0.15) is 0 Å². The topological polar surface area (TPSA) is 76.1 Å². The minimum Gasteiger partial charge on any atom is -0.438 e. The Morgan fingerprint density at radius 2 is 1.93 bits per heavy atom. The highest BCUT2D eigenvalue weighted by Crippen LogP contribution is 2.32. The molecule has 1 amide bonds. The molecule has 1 aromatic carbocycles. The number of amides is 1. The summed E-state index contributed by atoms with van der Waals surface area (Å²) in [7, 11) is 0. The second kappa shape index (κ2) is 8.05. The fourth-order valence-electron chi connectivity index (χ4n) is 3.60. The van der Waals surface area contributed by atoms with Crippen LogP contribution in [-0.2, 0) is 11.3 Å². The predicted molar refractivity (Wildman–Crippen MR) is 102 cm³/mol. The van der Waals surface area contributed by atoms with Gasteiger partial charge in [-0.1, -0.05) is 25.0 Å². The molecule has 0 radical (unpaired) electrons. The summed E-state index contributed by atoms with van der Waals surface area (Å²) in [6.45, 7) is 1.50. The highest BCUT2D eigenvalue weighted by Gasteiger charge is 2.40. The molecule has 0 saturated heterocycles. The lowest BCUT2D eigenvalue weighted by atomic mass is 9.95. The van der Waals surface area contributed by atoms with E-state index < -0.39 is 5.54 Å². The Morgan fingerprint density at radius 1 is 1.15 bits per heavy atom. The molecule has 0 bridgehead atoms. The van der Waals surface area contributed by atoms with Gasteiger partial charge >= 0.3 is 0 Å². The molecule has 2 aliphatic rings. The fourth-order valence-corrected chi connectivity index (χ4v) is 3.60. The second-order valence-corrected chi connectivity index (χ2v) is 7.59. The maximum absolute atomic E-state index is 12.8. The van der Waals surface area contributed by atoms with Crippen LogP contribution in [0.15, 0.2) is 42.9 Å². The molecule has 1 heterocycles. The highest BCUT2D eigenvalue weighted by molar-refractivity contribution is 5.86. The first-order valence-electron chi connectivity index (χ1n) is 9.80. The lowest BCUT2D eigenvalue weighted by molar-refractivity contribution is -0.127. The van der Waals surface area contributed by atoms with Gasteiger partial charge in [-0.15, -0.1) is 0 Å². The van der Waals surface area contributed by atoms with Crippen molar-refractivity contribution in [3.63, 3.8) is 0 Å². The number of carbonyl (C=O) groups is 1. The maximum atomic E-state index is 12.8. The first-order valence-corrected chi connectivity index (χ1v) is 9.80. The van der Waals surface area contributed by atoms with Gasteiger partial charge in [-0.3, -0.25) is 15.1 Å². The van der Waals surface area contributed by atoms with E-state index in [4.69, 9.17) is 4.74 Å². The molecular formula is C21H26N4O2. The molecule has 6 heteroatoms. The average Bonchev–Trinajstić information content (AvgIpc) is 3.41. The number of nitrogens with zero attached hydrogens (tertiary/aromatic N) is 2. The Morgan fingerprint density at radius 3 is 2.59 bits per heavy atom. The molecule has 2 aromatic rings. The summed E-state index contributed by atoms with van der Waals surface area (Å²) in [5.41, 5.74) is 0.715. The van der Waals surface area contributed by atoms with Crippen LogP contribution in [0.4, 0.5) is 0 Å². The van der Waals surface area contributed by atoms with E-state index in [9.17, 15) is 4.79 Å². The van der Waals surface area contributed by atoms with E-state index in [-0.39, 0.29) is 5.91 Å². The Hall–Kier alpha value is -2.47. The monoisotopic (exact) mass is 366 g/mol. The molecule has 2 fully saturated rings. The number of hydrogen-bond acceptors (Lipinski definition) is 5. The van der Waals surface area contributed by atoms with Crippen molar-refractivity contribution in [2.75, 3.05) is 6.54 Å². The molecule has 0 aliphatic heterocycles. The van der Waals surface area contributed by atoms with E-state index in [2.05, 4.69) is 20.6 Å². The lowest BCUT2D eigenvalue weighted by Crippen LogP contribution is -2.55. The number of aromatic nitrogens is 2. The van der Waals surface area contributed by atoms with Gasteiger partial charge in [0.25, 0.3) is 0 Å². The van der Waals surface area contributed by atoms with Crippen molar-refractivity contribution in [1.29, 1.82) is 0 Å². The van der Waals surface area contributed by atoms with Crippen LogP contribution >= 0.6 is 0 Å². The number of ether oxygens (including phenoxy) is 1. The number of hydrogen-bond donors (Lipinski definition) is 2. The first-order chi connectivity index (χ1) is 13.2. The summed E-state index contributed by atoms with van der Waals surface area (Å²) < 4.78 is 5.67. The third-order valence-corrected chi connectivity index (χ3v) is 5.46. The third kappa shape index (κ3) is 4.63. The summed E-state index contributed by atoms with van der Waals surface area (Å²) in [6.07, 6.45) is 11.3. The lowest BCUT2D eigenvalue weighted by Gasteiger charge is -2.29. The van der Waals surface area contributed by atoms with Gasteiger partial charge in [0.05, 0.1) is 11.7 Å². The third-order valence-electron chi connectivity index (χ3n) is 5.46. The number of nitrogens with one attached hydrogen (secondary N) is 2. The molecule has 2 N–H and O–H groups in total. The van der Waals surface area contributed by atoms with E-state index in [0.717, 1.165) is 43.5 Å². The van der Waals surface area contributed by atoms with Crippen molar-refractivity contribution in [2.45, 2.75) is 50.6 Å². The van der Waals surface area contributed by atoms with Gasteiger partial charge in [0.2, 0.25) is 11.8 Å². The molecule has 2 saturated carbocycles. The van der Waals surface area contributed by atoms with Crippen LogP contribution in [0.25, 0.3) is 0 Å². The number of carbonyl (C=O) groups excluding carboxylic acids is 1. The van der Waals surface area contributed by atoms with Gasteiger partial charge in [-0.25, -0.2) is 4.98 Å². The van der Waals surface area contributed by atoms with E-state index in [1.807, 2.05) is 24.3 Å². The van der Waals surface area contributed by atoms with Gasteiger partial charge in [0.15, 0.2) is 0 Å². The first kappa shape index (κ1) is 17.9. The zero-order valence-corrected chi connectivity index (χ0v) is 15.5. The van der Waals surface area contributed by atoms with Crippen molar-refractivity contribution in [3.05, 3.63) is 48.4 Å². The van der Waals surface area contributed by atoms with E-state index in [0.29, 0.717) is 18.3 Å². The minimum absolute atomic E-state index is 0.175. The van der Waals surface area contributed by atoms with Gasteiger partial charge < -0.3 is 10.1 Å². The number of benzene rings is 1. The van der Waals surface area contributed by atoms with Crippen molar-refractivity contribution >= 4 is 5.91 Å². The smallest absolute Gasteiger partial charge is 0.240 e. The van der Waals surface area contributed by atoms with Gasteiger partial charge in [-0.05, 0) is 49.3 Å². The zero-order chi connectivity index (χ0) is 18.5. The maximum Gasteiger partial charge on any atom is 0.240 e. The van der Waals surface area contributed by atoms with E-state index >= 15 is 0 Å². The Kier molecular flexibility index (Phi) is 5.34. The van der Waals surface area contributed by atoms with Crippen LogP contribution in [0.5, 0.6) is 11.6 Å². The molecule has 1 aromatic heterocycles. The molecule has 27 heavy (non-hydrogen) atoms. The summed E-state index contributed by atoms with van der Waals surface area (Å²) >= 11 is 0. The summed E-state index contributed by atoms with van der Waals surface area (Å²) in [4.78, 5) is 20.9. The molecule has 0 unspecified atom stereocenters. The molecular weight excluding hydrogens is 340 g/mol. The van der Waals surface area contributed by atoms with Crippen molar-refractivity contribution in [1.82, 2.24) is 20.6 Å². The molecule has 6 nitrogen and oxygen atoms in total. The second-order valence-electron chi connectivity index (χ2n) is 7.59. The Balaban J connectivity index is 1.34. The molecule has 0 atom stereocenters. The van der Waals surface area contributed by atoms with Crippen LogP contribution in [-0.4, -0.2) is 28.0 Å². The largest absolute Gasteiger partial charge is 0.438 e.